The Morgan fingerprint density at radius 2 is 2.33 bits per heavy atom. The van der Waals surface area contributed by atoms with Crippen LogP contribution in [-0.2, 0) is 0 Å². The molecule has 7 nitrogen and oxygen atoms in total. The molecule has 0 fully saturated rings. The standard InChI is InChI=1S/C11H8N4O3/c16-10(14-11-12-3-4-13-11)7-6-9(18-15-7)8-2-1-5-17-8/h1-6H,(H2,12,13,14,16). The molecule has 0 unspecified atom stereocenters. The summed E-state index contributed by atoms with van der Waals surface area (Å²) in [6.45, 7) is 0. The van der Waals surface area contributed by atoms with E-state index in [0.717, 1.165) is 0 Å². The van der Waals surface area contributed by atoms with E-state index in [-0.39, 0.29) is 5.69 Å². The van der Waals surface area contributed by atoms with E-state index in [2.05, 4.69) is 20.4 Å². The van der Waals surface area contributed by atoms with E-state index < -0.39 is 5.91 Å². The Bertz CT molecular complexity index is 640. The molecule has 0 bridgehead atoms. The zero-order valence-corrected chi connectivity index (χ0v) is 9.08. The molecule has 18 heavy (non-hydrogen) atoms. The van der Waals surface area contributed by atoms with Crippen LogP contribution < -0.4 is 5.32 Å². The fourth-order valence-electron chi connectivity index (χ4n) is 1.42. The number of rotatable bonds is 3. The normalized spacial score (nSPS) is 10.4. The van der Waals surface area contributed by atoms with E-state index in [1.807, 2.05) is 0 Å². The molecule has 3 heterocycles. The molecule has 2 N–H and O–H groups in total. The molecule has 0 radical (unpaired) electrons. The summed E-state index contributed by atoms with van der Waals surface area (Å²) < 4.78 is 10.1. The van der Waals surface area contributed by atoms with Crippen LogP contribution in [-0.4, -0.2) is 21.0 Å². The number of nitrogens with one attached hydrogen (secondary N) is 2. The molecule has 0 atom stereocenters. The lowest BCUT2D eigenvalue weighted by molar-refractivity contribution is 0.101. The average molecular weight is 244 g/mol. The number of anilines is 1. The van der Waals surface area contributed by atoms with Gasteiger partial charge in [0.25, 0.3) is 5.91 Å². The predicted molar refractivity (Wildman–Crippen MR) is 60.7 cm³/mol. The maximum Gasteiger partial charge on any atom is 0.280 e. The lowest BCUT2D eigenvalue weighted by Crippen LogP contribution is -2.13. The smallest absolute Gasteiger partial charge is 0.280 e. The van der Waals surface area contributed by atoms with Gasteiger partial charge in [0.1, 0.15) is 0 Å². The number of aromatic amines is 1. The van der Waals surface area contributed by atoms with Gasteiger partial charge in [-0.3, -0.25) is 10.1 Å². The Balaban J connectivity index is 1.79. The topological polar surface area (TPSA) is 97.0 Å². The monoisotopic (exact) mass is 244 g/mol. The van der Waals surface area contributed by atoms with Gasteiger partial charge in [0, 0.05) is 18.5 Å². The Morgan fingerprint density at radius 1 is 1.39 bits per heavy atom. The predicted octanol–water partition coefficient (Wildman–Crippen LogP) is 1.91. The van der Waals surface area contributed by atoms with Gasteiger partial charge in [-0.2, -0.15) is 0 Å². The summed E-state index contributed by atoms with van der Waals surface area (Å²) in [6.07, 6.45) is 4.65. The lowest BCUT2D eigenvalue weighted by atomic mass is 10.3. The summed E-state index contributed by atoms with van der Waals surface area (Å²) in [5, 5.41) is 6.20. The van der Waals surface area contributed by atoms with Gasteiger partial charge in [-0.15, -0.1) is 0 Å². The highest BCUT2D eigenvalue weighted by atomic mass is 16.5. The van der Waals surface area contributed by atoms with Crippen LogP contribution in [0.4, 0.5) is 5.95 Å². The Kier molecular flexibility index (Phi) is 2.41. The van der Waals surface area contributed by atoms with Crippen LogP contribution in [0.2, 0.25) is 0 Å². The molecular formula is C11H8N4O3. The molecule has 90 valence electrons. The van der Waals surface area contributed by atoms with Gasteiger partial charge in [0.05, 0.1) is 6.26 Å². The first kappa shape index (κ1) is 10.3. The number of furan rings is 1. The van der Waals surface area contributed by atoms with Gasteiger partial charge in [0.15, 0.2) is 11.5 Å². The van der Waals surface area contributed by atoms with E-state index in [9.17, 15) is 4.79 Å². The Labute approximate surface area is 101 Å². The minimum Gasteiger partial charge on any atom is -0.461 e. The third kappa shape index (κ3) is 1.88. The summed E-state index contributed by atoms with van der Waals surface area (Å²) in [7, 11) is 0. The van der Waals surface area contributed by atoms with E-state index in [4.69, 9.17) is 8.94 Å². The van der Waals surface area contributed by atoms with Crippen molar-refractivity contribution in [2.24, 2.45) is 0 Å². The highest BCUT2D eigenvalue weighted by molar-refractivity contribution is 6.02. The quantitative estimate of drug-likeness (QED) is 0.733. The molecule has 0 aromatic carbocycles. The van der Waals surface area contributed by atoms with Crippen molar-refractivity contribution in [2.75, 3.05) is 5.32 Å². The van der Waals surface area contributed by atoms with Crippen LogP contribution in [0, 0.1) is 0 Å². The first-order valence-corrected chi connectivity index (χ1v) is 5.14. The maximum atomic E-state index is 11.8. The van der Waals surface area contributed by atoms with Crippen molar-refractivity contribution in [3.05, 3.63) is 42.5 Å². The number of H-pyrrole nitrogens is 1. The zero-order chi connectivity index (χ0) is 12.4. The summed E-state index contributed by atoms with van der Waals surface area (Å²) in [4.78, 5) is 18.4. The highest BCUT2D eigenvalue weighted by Crippen LogP contribution is 2.20. The molecule has 0 spiro atoms. The van der Waals surface area contributed by atoms with Crippen molar-refractivity contribution in [2.45, 2.75) is 0 Å². The largest absolute Gasteiger partial charge is 0.461 e. The van der Waals surface area contributed by atoms with Gasteiger partial charge in [-0.25, -0.2) is 4.98 Å². The summed E-state index contributed by atoms with van der Waals surface area (Å²) in [5.41, 5.74) is 0.151. The van der Waals surface area contributed by atoms with Gasteiger partial charge in [0.2, 0.25) is 11.7 Å². The van der Waals surface area contributed by atoms with Crippen LogP contribution in [0.25, 0.3) is 11.5 Å². The number of amides is 1. The third-order valence-corrected chi connectivity index (χ3v) is 2.24. The molecule has 0 aliphatic rings. The Hall–Kier alpha value is -2.83. The fraction of sp³-hybridized carbons (Fsp3) is 0. The van der Waals surface area contributed by atoms with Crippen molar-refractivity contribution in [3.63, 3.8) is 0 Å². The van der Waals surface area contributed by atoms with Gasteiger partial charge in [-0.1, -0.05) is 5.16 Å². The minimum atomic E-state index is -0.411. The fourth-order valence-corrected chi connectivity index (χ4v) is 1.42. The van der Waals surface area contributed by atoms with Crippen molar-refractivity contribution < 1.29 is 13.7 Å². The SMILES string of the molecule is O=C(Nc1ncc[nH]1)c1cc(-c2ccco2)on1. The lowest BCUT2D eigenvalue weighted by Gasteiger charge is -1.95. The number of hydrogen-bond donors (Lipinski definition) is 2. The molecule has 0 aliphatic carbocycles. The van der Waals surface area contributed by atoms with Crippen LogP contribution in [0.15, 0.2) is 45.8 Å². The highest BCUT2D eigenvalue weighted by Gasteiger charge is 2.15. The second-order valence-electron chi connectivity index (χ2n) is 3.45. The van der Waals surface area contributed by atoms with Gasteiger partial charge in [-0.05, 0) is 12.1 Å². The second-order valence-corrected chi connectivity index (χ2v) is 3.45. The van der Waals surface area contributed by atoms with Crippen molar-refractivity contribution in [3.8, 4) is 11.5 Å². The van der Waals surface area contributed by atoms with Crippen LogP contribution in [0.1, 0.15) is 10.5 Å². The molecule has 7 heteroatoms. The minimum absolute atomic E-state index is 0.151. The van der Waals surface area contributed by atoms with Crippen molar-refractivity contribution in [1.29, 1.82) is 0 Å². The maximum absolute atomic E-state index is 11.8. The number of hydrogen-bond acceptors (Lipinski definition) is 5. The number of carbonyl (C=O) groups is 1. The summed E-state index contributed by atoms with van der Waals surface area (Å²) in [5.74, 6) is 0.846. The van der Waals surface area contributed by atoms with E-state index in [0.29, 0.717) is 17.5 Å². The van der Waals surface area contributed by atoms with Crippen LogP contribution in [0.3, 0.4) is 0 Å². The molecule has 0 aliphatic heterocycles. The van der Waals surface area contributed by atoms with Gasteiger partial charge < -0.3 is 13.9 Å². The zero-order valence-electron chi connectivity index (χ0n) is 9.08. The van der Waals surface area contributed by atoms with Crippen LogP contribution >= 0.6 is 0 Å². The number of nitrogens with zero attached hydrogens (tertiary/aromatic N) is 2. The van der Waals surface area contributed by atoms with Crippen LogP contribution in [0.5, 0.6) is 0 Å². The average Bonchev–Trinajstić information content (AvgIpc) is 3.11. The molecular weight excluding hydrogens is 236 g/mol. The third-order valence-electron chi connectivity index (χ3n) is 2.24. The van der Waals surface area contributed by atoms with Crippen molar-refractivity contribution >= 4 is 11.9 Å². The van der Waals surface area contributed by atoms with E-state index >= 15 is 0 Å². The Morgan fingerprint density at radius 3 is 3.06 bits per heavy atom. The van der Waals surface area contributed by atoms with E-state index in [1.165, 1.54) is 18.5 Å². The molecule has 1 amide bonds. The first-order chi connectivity index (χ1) is 8.83. The molecule has 0 saturated heterocycles. The van der Waals surface area contributed by atoms with E-state index in [1.54, 1.807) is 18.3 Å². The second kappa shape index (κ2) is 4.21. The molecule has 0 saturated carbocycles. The number of aromatic nitrogens is 3. The van der Waals surface area contributed by atoms with Gasteiger partial charge >= 0.3 is 0 Å². The molecule has 3 aromatic heterocycles. The first-order valence-electron chi connectivity index (χ1n) is 5.14. The molecule has 3 aromatic rings. The molecule has 3 rings (SSSR count). The number of imidazole rings is 1. The summed E-state index contributed by atoms with van der Waals surface area (Å²) in [6, 6.07) is 4.94. The number of carbonyl (C=O) groups excluding carboxylic acids is 1. The van der Waals surface area contributed by atoms with Crippen molar-refractivity contribution in [1.82, 2.24) is 15.1 Å². The summed E-state index contributed by atoms with van der Waals surface area (Å²) >= 11 is 0.